The van der Waals surface area contributed by atoms with Crippen LogP contribution in [0.5, 0.6) is 0 Å². The smallest absolute Gasteiger partial charge is 0.253 e. The molecule has 0 unspecified atom stereocenters. The third-order valence-electron chi connectivity index (χ3n) is 2.67. The number of carbonyl (C=O) groups is 1. The molecule has 0 aliphatic heterocycles. The van der Waals surface area contributed by atoms with E-state index in [2.05, 4.69) is 4.98 Å². The number of nitrogens with zero attached hydrogens (tertiary/aromatic N) is 2. The van der Waals surface area contributed by atoms with Crippen molar-refractivity contribution in [3.8, 4) is 0 Å². The number of ketones is 1. The van der Waals surface area contributed by atoms with E-state index in [1.165, 1.54) is 17.0 Å². The van der Waals surface area contributed by atoms with Crippen molar-refractivity contribution in [1.82, 2.24) is 9.55 Å². The molecular formula is C14H14N2O2. The number of Topliss-reactive ketones (excluding diaryl/α,β-unsaturated/α-hetero) is 1. The Morgan fingerprint density at radius 3 is 2.72 bits per heavy atom. The highest BCUT2D eigenvalue weighted by Crippen LogP contribution is 2.05. The minimum Gasteiger partial charge on any atom is -0.292 e. The fourth-order valence-electron chi connectivity index (χ4n) is 1.70. The SMILES string of the molecule is Cc1cccc(C(=O)Cn2cnc(C)cc2=O)c1. The summed E-state index contributed by atoms with van der Waals surface area (Å²) in [5.74, 6) is -0.0912. The van der Waals surface area contributed by atoms with E-state index >= 15 is 0 Å². The van der Waals surface area contributed by atoms with Crippen molar-refractivity contribution in [2.45, 2.75) is 20.4 Å². The molecule has 0 saturated carbocycles. The standard InChI is InChI=1S/C14H14N2O2/c1-10-4-3-5-12(6-10)13(17)8-16-9-15-11(2)7-14(16)18/h3-7,9H,8H2,1-2H3. The molecule has 2 rings (SSSR count). The van der Waals surface area contributed by atoms with Crippen LogP contribution in [0.2, 0.25) is 0 Å². The van der Waals surface area contributed by atoms with Gasteiger partial charge in [-0.3, -0.25) is 14.2 Å². The number of aromatic nitrogens is 2. The molecule has 0 amide bonds. The summed E-state index contributed by atoms with van der Waals surface area (Å²) in [5.41, 5.74) is 2.08. The van der Waals surface area contributed by atoms with Crippen LogP contribution in [-0.2, 0) is 6.54 Å². The van der Waals surface area contributed by atoms with E-state index in [9.17, 15) is 9.59 Å². The van der Waals surface area contributed by atoms with Gasteiger partial charge < -0.3 is 0 Å². The van der Waals surface area contributed by atoms with Crippen molar-refractivity contribution in [3.63, 3.8) is 0 Å². The zero-order valence-electron chi connectivity index (χ0n) is 10.4. The highest BCUT2D eigenvalue weighted by atomic mass is 16.1. The quantitative estimate of drug-likeness (QED) is 0.770. The van der Waals surface area contributed by atoms with Gasteiger partial charge in [-0.1, -0.05) is 23.8 Å². The van der Waals surface area contributed by atoms with Crippen LogP contribution in [0.4, 0.5) is 0 Å². The van der Waals surface area contributed by atoms with Crippen molar-refractivity contribution >= 4 is 5.78 Å². The van der Waals surface area contributed by atoms with Crippen LogP contribution >= 0.6 is 0 Å². The van der Waals surface area contributed by atoms with Crippen LogP contribution in [0, 0.1) is 13.8 Å². The third kappa shape index (κ3) is 2.71. The van der Waals surface area contributed by atoms with Crippen molar-refractivity contribution in [3.05, 3.63) is 63.8 Å². The van der Waals surface area contributed by atoms with Gasteiger partial charge in [0.1, 0.15) is 0 Å². The lowest BCUT2D eigenvalue weighted by atomic mass is 10.1. The van der Waals surface area contributed by atoms with Gasteiger partial charge in [-0.15, -0.1) is 0 Å². The summed E-state index contributed by atoms with van der Waals surface area (Å²) in [6, 6.07) is 8.75. The molecule has 0 radical (unpaired) electrons. The Morgan fingerprint density at radius 2 is 2.06 bits per heavy atom. The van der Waals surface area contributed by atoms with Gasteiger partial charge in [0.15, 0.2) is 5.78 Å². The summed E-state index contributed by atoms with van der Waals surface area (Å²) < 4.78 is 1.32. The molecule has 1 heterocycles. The number of hydrogen-bond donors (Lipinski definition) is 0. The van der Waals surface area contributed by atoms with E-state index in [0.29, 0.717) is 11.3 Å². The van der Waals surface area contributed by atoms with Gasteiger partial charge in [-0.2, -0.15) is 0 Å². The van der Waals surface area contributed by atoms with E-state index in [4.69, 9.17) is 0 Å². The molecule has 1 aromatic heterocycles. The highest BCUT2D eigenvalue weighted by Gasteiger charge is 2.08. The summed E-state index contributed by atoms with van der Waals surface area (Å²) in [6.45, 7) is 3.69. The summed E-state index contributed by atoms with van der Waals surface area (Å²) in [7, 11) is 0. The van der Waals surface area contributed by atoms with Crippen LogP contribution in [0.3, 0.4) is 0 Å². The van der Waals surface area contributed by atoms with Gasteiger partial charge in [0.25, 0.3) is 5.56 Å². The van der Waals surface area contributed by atoms with Crippen LogP contribution < -0.4 is 5.56 Å². The molecule has 0 saturated heterocycles. The zero-order chi connectivity index (χ0) is 13.1. The van der Waals surface area contributed by atoms with Gasteiger partial charge in [-0.05, 0) is 19.9 Å². The van der Waals surface area contributed by atoms with E-state index in [1.807, 2.05) is 25.1 Å². The first-order valence-electron chi connectivity index (χ1n) is 5.69. The lowest BCUT2D eigenvalue weighted by Crippen LogP contribution is -2.24. The van der Waals surface area contributed by atoms with Gasteiger partial charge in [0.05, 0.1) is 12.9 Å². The van der Waals surface area contributed by atoms with Crippen LogP contribution in [0.1, 0.15) is 21.6 Å². The molecule has 0 fully saturated rings. The summed E-state index contributed by atoms with van der Waals surface area (Å²) in [6.07, 6.45) is 1.41. The Kier molecular flexibility index (Phi) is 3.37. The number of benzene rings is 1. The molecule has 1 aromatic carbocycles. The highest BCUT2D eigenvalue weighted by molar-refractivity contribution is 5.96. The molecule has 4 nitrogen and oxygen atoms in total. The monoisotopic (exact) mass is 242 g/mol. The molecule has 0 aliphatic rings. The second kappa shape index (κ2) is 4.96. The fourth-order valence-corrected chi connectivity index (χ4v) is 1.70. The molecule has 92 valence electrons. The number of carbonyl (C=O) groups excluding carboxylic acids is 1. The molecular weight excluding hydrogens is 228 g/mol. The summed E-state index contributed by atoms with van der Waals surface area (Å²) >= 11 is 0. The van der Waals surface area contributed by atoms with Crippen LogP contribution in [0.25, 0.3) is 0 Å². The molecule has 0 atom stereocenters. The normalized spacial score (nSPS) is 10.3. The number of hydrogen-bond acceptors (Lipinski definition) is 3. The van der Waals surface area contributed by atoms with E-state index < -0.39 is 0 Å². The molecule has 0 N–H and O–H groups in total. The lowest BCUT2D eigenvalue weighted by molar-refractivity contribution is 0.0970. The molecule has 4 heteroatoms. The Labute approximate surface area is 105 Å². The van der Waals surface area contributed by atoms with E-state index in [1.54, 1.807) is 13.0 Å². The Bertz CT molecular complexity index is 644. The van der Waals surface area contributed by atoms with Gasteiger partial charge >= 0.3 is 0 Å². The van der Waals surface area contributed by atoms with Crippen LogP contribution in [0.15, 0.2) is 41.5 Å². The first-order chi connectivity index (χ1) is 8.56. The average molecular weight is 242 g/mol. The minimum atomic E-state index is -0.205. The Morgan fingerprint density at radius 1 is 1.28 bits per heavy atom. The summed E-state index contributed by atoms with van der Waals surface area (Å²) in [5, 5.41) is 0. The van der Waals surface area contributed by atoms with E-state index in [0.717, 1.165) is 5.56 Å². The molecule has 2 aromatic rings. The topological polar surface area (TPSA) is 52.0 Å². The predicted octanol–water partition coefficient (Wildman–Crippen LogP) is 1.74. The predicted molar refractivity (Wildman–Crippen MR) is 68.7 cm³/mol. The Hall–Kier alpha value is -2.23. The first kappa shape index (κ1) is 12.2. The zero-order valence-corrected chi connectivity index (χ0v) is 10.4. The molecule has 0 spiro atoms. The first-order valence-corrected chi connectivity index (χ1v) is 5.69. The second-order valence-corrected chi connectivity index (χ2v) is 4.29. The third-order valence-corrected chi connectivity index (χ3v) is 2.67. The molecule has 0 bridgehead atoms. The van der Waals surface area contributed by atoms with Gasteiger partial charge in [0.2, 0.25) is 0 Å². The Balaban J connectivity index is 2.24. The summed E-state index contributed by atoms with van der Waals surface area (Å²) in [4.78, 5) is 27.7. The van der Waals surface area contributed by atoms with Gasteiger partial charge in [-0.25, -0.2) is 4.98 Å². The minimum absolute atomic E-state index is 0.0234. The van der Waals surface area contributed by atoms with Crippen molar-refractivity contribution in [2.24, 2.45) is 0 Å². The molecule has 0 aliphatic carbocycles. The maximum Gasteiger partial charge on any atom is 0.253 e. The van der Waals surface area contributed by atoms with Gasteiger partial charge in [0, 0.05) is 17.3 Å². The second-order valence-electron chi connectivity index (χ2n) is 4.29. The lowest BCUT2D eigenvalue weighted by Gasteiger charge is -2.05. The van der Waals surface area contributed by atoms with Crippen molar-refractivity contribution in [2.75, 3.05) is 0 Å². The van der Waals surface area contributed by atoms with E-state index in [-0.39, 0.29) is 17.9 Å². The van der Waals surface area contributed by atoms with Crippen molar-refractivity contribution < 1.29 is 4.79 Å². The fraction of sp³-hybridized carbons (Fsp3) is 0.214. The average Bonchev–Trinajstić information content (AvgIpc) is 2.32. The van der Waals surface area contributed by atoms with Crippen LogP contribution in [-0.4, -0.2) is 15.3 Å². The number of aryl methyl sites for hydroxylation is 2. The maximum atomic E-state index is 12.0. The maximum absolute atomic E-state index is 12.0. The largest absolute Gasteiger partial charge is 0.292 e. The number of rotatable bonds is 3. The van der Waals surface area contributed by atoms with Crippen molar-refractivity contribution in [1.29, 1.82) is 0 Å². The molecule has 18 heavy (non-hydrogen) atoms.